The summed E-state index contributed by atoms with van der Waals surface area (Å²) in [7, 11) is 0. The standard InChI is InChI=1S/C13H15FN2S/c1-2-13(15,8-11-4-3-7-17-11)12-6-5-10(14)9-16-12/h3-7,9H,2,8,15H2,1H3. The summed E-state index contributed by atoms with van der Waals surface area (Å²) in [6.07, 6.45) is 2.73. The first kappa shape index (κ1) is 12.2. The molecule has 2 nitrogen and oxygen atoms in total. The van der Waals surface area contributed by atoms with Gasteiger partial charge in [-0.05, 0) is 30.0 Å². The minimum Gasteiger partial charge on any atom is -0.320 e. The van der Waals surface area contributed by atoms with E-state index in [1.807, 2.05) is 18.4 Å². The van der Waals surface area contributed by atoms with Gasteiger partial charge in [-0.2, -0.15) is 0 Å². The Morgan fingerprint density at radius 3 is 2.76 bits per heavy atom. The zero-order chi connectivity index (χ0) is 12.3. The molecule has 2 N–H and O–H groups in total. The van der Waals surface area contributed by atoms with Crippen molar-refractivity contribution in [1.29, 1.82) is 0 Å². The van der Waals surface area contributed by atoms with Crippen LogP contribution < -0.4 is 5.73 Å². The minimum atomic E-state index is -0.515. The second-order valence-corrected chi connectivity index (χ2v) is 5.16. The summed E-state index contributed by atoms with van der Waals surface area (Å²) >= 11 is 1.68. The lowest BCUT2D eigenvalue weighted by Gasteiger charge is -2.27. The lowest BCUT2D eigenvalue weighted by Crippen LogP contribution is -2.39. The topological polar surface area (TPSA) is 38.9 Å². The fraction of sp³-hybridized carbons (Fsp3) is 0.308. The Balaban J connectivity index is 2.27. The van der Waals surface area contributed by atoms with Gasteiger partial charge in [-0.15, -0.1) is 11.3 Å². The predicted molar refractivity (Wildman–Crippen MR) is 68.4 cm³/mol. The lowest BCUT2D eigenvalue weighted by molar-refractivity contribution is 0.413. The second kappa shape index (κ2) is 4.94. The van der Waals surface area contributed by atoms with E-state index < -0.39 is 5.54 Å². The SMILES string of the molecule is CCC(N)(Cc1cccs1)c1ccc(F)cn1. The van der Waals surface area contributed by atoms with Crippen LogP contribution in [0.1, 0.15) is 23.9 Å². The molecule has 0 radical (unpaired) electrons. The highest BCUT2D eigenvalue weighted by Crippen LogP contribution is 2.27. The number of thiophene rings is 1. The number of pyridine rings is 1. The molecule has 1 unspecified atom stereocenters. The van der Waals surface area contributed by atoms with Crippen molar-refractivity contribution in [2.75, 3.05) is 0 Å². The number of halogens is 1. The van der Waals surface area contributed by atoms with Crippen molar-refractivity contribution in [1.82, 2.24) is 4.98 Å². The molecule has 0 bridgehead atoms. The first-order valence-corrected chi connectivity index (χ1v) is 6.45. The molecule has 0 saturated carbocycles. The Hall–Kier alpha value is -1.26. The largest absolute Gasteiger partial charge is 0.320 e. The van der Waals surface area contributed by atoms with Crippen molar-refractivity contribution in [2.24, 2.45) is 5.73 Å². The number of hydrogen-bond acceptors (Lipinski definition) is 3. The molecular weight excluding hydrogens is 235 g/mol. The summed E-state index contributed by atoms with van der Waals surface area (Å²) in [5.74, 6) is -0.330. The van der Waals surface area contributed by atoms with Crippen molar-refractivity contribution in [3.05, 3.63) is 52.2 Å². The zero-order valence-corrected chi connectivity index (χ0v) is 10.5. The van der Waals surface area contributed by atoms with Crippen LogP contribution >= 0.6 is 11.3 Å². The van der Waals surface area contributed by atoms with Crippen molar-refractivity contribution in [2.45, 2.75) is 25.3 Å². The Morgan fingerprint density at radius 1 is 1.41 bits per heavy atom. The van der Waals surface area contributed by atoms with Gasteiger partial charge >= 0.3 is 0 Å². The van der Waals surface area contributed by atoms with Crippen LogP contribution in [-0.4, -0.2) is 4.98 Å². The molecule has 0 aliphatic carbocycles. The Bertz CT molecular complexity index is 467. The summed E-state index contributed by atoms with van der Waals surface area (Å²) in [5.41, 5.74) is 6.61. The molecule has 2 rings (SSSR count). The molecule has 4 heteroatoms. The highest BCUT2D eigenvalue weighted by Gasteiger charge is 2.27. The smallest absolute Gasteiger partial charge is 0.141 e. The van der Waals surface area contributed by atoms with Crippen LogP contribution in [0.25, 0.3) is 0 Å². The van der Waals surface area contributed by atoms with Crippen LogP contribution in [0.4, 0.5) is 4.39 Å². The molecule has 0 aromatic carbocycles. The van der Waals surface area contributed by atoms with Crippen molar-refractivity contribution in [3.8, 4) is 0 Å². The Labute approximate surface area is 104 Å². The number of hydrogen-bond donors (Lipinski definition) is 1. The highest BCUT2D eigenvalue weighted by atomic mass is 32.1. The molecule has 2 aromatic rings. The van der Waals surface area contributed by atoms with Crippen molar-refractivity contribution >= 4 is 11.3 Å². The second-order valence-electron chi connectivity index (χ2n) is 4.13. The molecule has 17 heavy (non-hydrogen) atoms. The monoisotopic (exact) mass is 250 g/mol. The third-order valence-electron chi connectivity index (χ3n) is 2.94. The van der Waals surface area contributed by atoms with Gasteiger partial charge in [-0.25, -0.2) is 4.39 Å². The molecular formula is C13H15FN2S. The summed E-state index contributed by atoms with van der Waals surface area (Å²) in [5, 5.41) is 2.03. The molecule has 90 valence electrons. The van der Waals surface area contributed by atoms with Gasteiger partial charge in [0.1, 0.15) is 5.82 Å². The zero-order valence-electron chi connectivity index (χ0n) is 9.69. The van der Waals surface area contributed by atoms with E-state index >= 15 is 0 Å². The number of aromatic nitrogens is 1. The van der Waals surface area contributed by atoms with Gasteiger partial charge in [-0.1, -0.05) is 13.0 Å². The Morgan fingerprint density at radius 2 is 2.24 bits per heavy atom. The predicted octanol–water partition coefficient (Wildman–Crippen LogP) is 3.09. The molecule has 0 saturated heterocycles. The van der Waals surface area contributed by atoms with Gasteiger partial charge in [0.2, 0.25) is 0 Å². The van der Waals surface area contributed by atoms with E-state index in [0.29, 0.717) is 0 Å². The van der Waals surface area contributed by atoms with E-state index in [1.54, 1.807) is 17.4 Å². The number of rotatable bonds is 4. The van der Waals surface area contributed by atoms with Crippen molar-refractivity contribution in [3.63, 3.8) is 0 Å². The molecule has 0 amide bonds. The van der Waals surface area contributed by atoms with E-state index in [-0.39, 0.29) is 5.82 Å². The van der Waals surface area contributed by atoms with E-state index in [4.69, 9.17) is 5.73 Å². The molecule has 1 atom stereocenters. The van der Waals surface area contributed by atoms with Gasteiger partial charge in [0.15, 0.2) is 0 Å². The van der Waals surface area contributed by atoms with E-state index in [2.05, 4.69) is 11.1 Å². The van der Waals surface area contributed by atoms with E-state index in [1.165, 1.54) is 17.1 Å². The first-order chi connectivity index (χ1) is 8.14. The molecule has 2 aromatic heterocycles. The fourth-order valence-electron chi connectivity index (χ4n) is 1.79. The third-order valence-corrected chi connectivity index (χ3v) is 3.81. The van der Waals surface area contributed by atoms with E-state index in [9.17, 15) is 4.39 Å². The number of nitrogens with zero attached hydrogens (tertiary/aromatic N) is 1. The lowest BCUT2D eigenvalue weighted by atomic mass is 9.88. The summed E-state index contributed by atoms with van der Waals surface area (Å²) in [6.45, 7) is 2.03. The highest BCUT2D eigenvalue weighted by molar-refractivity contribution is 7.09. The third kappa shape index (κ3) is 2.70. The maximum absolute atomic E-state index is 12.9. The molecule has 0 spiro atoms. The molecule has 2 heterocycles. The summed E-state index contributed by atoms with van der Waals surface area (Å²) in [6, 6.07) is 7.15. The molecule has 0 aliphatic heterocycles. The minimum absolute atomic E-state index is 0.330. The van der Waals surface area contributed by atoms with Crippen LogP contribution in [0.2, 0.25) is 0 Å². The molecule has 0 aliphatic rings. The maximum atomic E-state index is 12.9. The summed E-state index contributed by atoms with van der Waals surface area (Å²) in [4.78, 5) is 5.33. The van der Waals surface area contributed by atoms with Gasteiger partial charge in [-0.3, -0.25) is 4.98 Å². The van der Waals surface area contributed by atoms with Crippen LogP contribution in [0.5, 0.6) is 0 Å². The normalized spacial score (nSPS) is 14.5. The fourth-order valence-corrected chi connectivity index (χ4v) is 2.62. The van der Waals surface area contributed by atoms with Crippen LogP contribution in [-0.2, 0) is 12.0 Å². The first-order valence-electron chi connectivity index (χ1n) is 5.57. The average molecular weight is 250 g/mol. The maximum Gasteiger partial charge on any atom is 0.141 e. The van der Waals surface area contributed by atoms with Crippen molar-refractivity contribution < 1.29 is 4.39 Å². The van der Waals surface area contributed by atoms with Gasteiger partial charge in [0.05, 0.1) is 17.4 Å². The quantitative estimate of drug-likeness (QED) is 0.905. The van der Waals surface area contributed by atoms with Crippen LogP contribution in [0.3, 0.4) is 0 Å². The van der Waals surface area contributed by atoms with Gasteiger partial charge < -0.3 is 5.73 Å². The van der Waals surface area contributed by atoms with Gasteiger partial charge in [0, 0.05) is 11.3 Å². The summed E-state index contributed by atoms with van der Waals surface area (Å²) < 4.78 is 12.9. The average Bonchev–Trinajstić information content (AvgIpc) is 2.82. The number of nitrogens with two attached hydrogens (primary N) is 1. The Kier molecular flexibility index (Phi) is 3.54. The van der Waals surface area contributed by atoms with Crippen LogP contribution in [0.15, 0.2) is 35.8 Å². The van der Waals surface area contributed by atoms with Crippen LogP contribution in [0, 0.1) is 5.82 Å². The molecule has 0 fully saturated rings. The van der Waals surface area contributed by atoms with Gasteiger partial charge in [0.25, 0.3) is 0 Å². The van der Waals surface area contributed by atoms with E-state index in [0.717, 1.165) is 18.5 Å².